The summed E-state index contributed by atoms with van der Waals surface area (Å²) in [7, 11) is 0. The molecule has 4 fully saturated rings. The number of fused-ring (bicyclic) bond motifs is 2. The monoisotopic (exact) mass is 312 g/mol. The van der Waals surface area contributed by atoms with Crippen LogP contribution < -0.4 is 0 Å². The molecule has 22 heavy (non-hydrogen) atoms. The van der Waals surface area contributed by atoms with Crippen molar-refractivity contribution in [2.45, 2.75) is 75.8 Å². The molecule has 124 valence electrons. The van der Waals surface area contributed by atoms with E-state index >= 15 is 0 Å². The topological polar surface area (TPSA) is 74.2 Å². The molecule has 0 aliphatic carbocycles. The van der Waals surface area contributed by atoms with Crippen molar-refractivity contribution in [3.63, 3.8) is 0 Å². The predicted molar refractivity (Wildman–Crippen MR) is 74.9 cm³/mol. The molecular formula is C16H24O6. The Morgan fingerprint density at radius 1 is 1.14 bits per heavy atom. The maximum atomic E-state index is 11.6. The zero-order chi connectivity index (χ0) is 15.5. The quantitative estimate of drug-likeness (QED) is 0.728. The van der Waals surface area contributed by atoms with E-state index in [4.69, 9.17) is 18.9 Å². The Balaban J connectivity index is 1.54. The fourth-order valence-electron chi connectivity index (χ4n) is 4.71. The highest BCUT2D eigenvalue weighted by molar-refractivity contribution is 5.72. The molecule has 8 atom stereocenters. The number of carbonyl (C=O) groups is 1. The largest absolute Gasteiger partial charge is 0.459 e. The maximum Gasteiger partial charge on any atom is 0.308 e. The molecule has 0 unspecified atom stereocenters. The summed E-state index contributed by atoms with van der Waals surface area (Å²) in [5.41, 5.74) is 0. The standard InChI is InChI=1S/C16H24O6/c1-8-5-16(21-11-3-10(7-17)19-14(8)11)6-9(2)15-12(22-16)4-13(18)20-15/h8-12,14-15,17H,3-7H2,1-2H3/t8-,9-,10-,11-,12-,14-,15-,16+/m0/s1. The summed E-state index contributed by atoms with van der Waals surface area (Å²) in [4.78, 5) is 11.6. The van der Waals surface area contributed by atoms with Gasteiger partial charge >= 0.3 is 5.97 Å². The van der Waals surface area contributed by atoms with Crippen LogP contribution in [0.5, 0.6) is 0 Å². The van der Waals surface area contributed by atoms with Gasteiger partial charge < -0.3 is 24.1 Å². The molecule has 6 heteroatoms. The van der Waals surface area contributed by atoms with Crippen LogP contribution in [0.15, 0.2) is 0 Å². The van der Waals surface area contributed by atoms with Crippen LogP contribution in [0.2, 0.25) is 0 Å². The number of esters is 1. The molecule has 0 saturated carbocycles. The van der Waals surface area contributed by atoms with Crippen molar-refractivity contribution < 1.29 is 28.8 Å². The number of hydrogen-bond donors (Lipinski definition) is 1. The molecular weight excluding hydrogens is 288 g/mol. The van der Waals surface area contributed by atoms with Crippen LogP contribution in [-0.2, 0) is 23.7 Å². The normalized spacial score (nSPS) is 54.1. The highest BCUT2D eigenvalue weighted by atomic mass is 16.7. The molecule has 0 bridgehead atoms. The van der Waals surface area contributed by atoms with Crippen LogP contribution >= 0.6 is 0 Å². The summed E-state index contributed by atoms with van der Waals surface area (Å²) in [5, 5.41) is 9.33. The van der Waals surface area contributed by atoms with Crippen LogP contribution in [0.3, 0.4) is 0 Å². The molecule has 4 saturated heterocycles. The van der Waals surface area contributed by atoms with E-state index in [1.165, 1.54) is 0 Å². The van der Waals surface area contributed by atoms with E-state index in [0.29, 0.717) is 18.8 Å². The lowest BCUT2D eigenvalue weighted by Gasteiger charge is -2.50. The third kappa shape index (κ3) is 2.28. The smallest absolute Gasteiger partial charge is 0.308 e. The highest BCUT2D eigenvalue weighted by Crippen LogP contribution is 2.49. The third-order valence-electron chi connectivity index (χ3n) is 5.54. The van der Waals surface area contributed by atoms with Gasteiger partial charge in [0.2, 0.25) is 0 Å². The van der Waals surface area contributed by atoms with Gasteiger partial charge in [0, 0.05) is 25.2 Å². The van der Waals surface area contributed by atoms with E-state index in [1.807, 2.05) is 0 Å². The molecule has 1 spiro atoms. The first-order valence-electron chi connectivity index (χ1n) is 8.31. The van der Waals surface area contributed by atoms with E-state index in [1.54, 1.807) is 0 Å². The zero-order valence-corrected chi connectivity index (χ0v) is 13.1. The van der Waals surface area contributed by atoms with Crippen molar-refractivity contribution in [1.29, 1.82) is 0 Å². The van der Waals surface area contributed by atoms with Crippen LogP contribution in [0, 0.1) is 11.8 Å². The van der Waals surface area contributed by atoms with Crippen LogP contribution in [0.4, 0.5) is 0 Å². The third-order valence-corrected chi connectivity index (χ3v) is 5.54. The second kappa shape index (κ2) is 5.16. The number of ether oxygens (including phenoxy) is 4. The van der Waals surface area contributed by atoms with Crippen molar-refractivity contribution >= 4 is 5.97 Å². The minimum Gasteiger partial charge on any atom is -0.459 e. The van der Waals surface area contributed by atoms with Crippen molar-refractivity contribution in [3.05, 3.63) is 0 Å². The first-order valence-corrected chi connectivity index (χ1v) is 8.31. The van der Waals surface area contributed by atoms with Gasteiger partial charge in [0.25, 0.3) is 0 Å². The second-order valence-corrected chi connectivity index (χ2v) is 7.39. The number of aliphatic hydroxyl groups excluding tert-OH is 1. The van der Waals surface area contributed by atoms with Gasteiger partial charge in [-0.2, -0.15) is 0 Å². The Morgan fingerprint density at radius 2 is 1.82 bits per heavy atom. The molecule has 0 aromatic rings. The van der Waals surface area contributed by atoms with E-state index in [0.717, 1.165) is 12.8 Å². The molecule has 4 aliphatic heterocycles. The van der Waals surface area contributed by atoms with Crippen molar-refractivity contribution in [3.8, 4) is 0 Å². The minimum atomic E-state index is -0.636. The van der Waals surface area contributed by atoms with Gasteiger partial charge in [-0.25, -0.2) is 0 Å². The maximum absolute atomic E-state index is 11.6. The Bertz CT molecular complexity index is 468. The summed E-state index contributed by atoms with van der Waals surface area (Å²) in [6.07, 6.45) is 2.02. The van der Waals surface area contributed by atoms with E-state index in [9.17, 15) is 9.90 Å². The molecule has 6 nitrogen and oxygen atoms in total. The second-order valence-electron chi connectivity index (χ2n) is 7.39. The Morgan fingerprint density at radius 3 is 2.55 bits per heavy atom. The Labute approximate surface area is 130 Å². The number of rotatable bonds is 1. The van der Waals surface area contributed by atoms with Crippen molar-refractivity contribution in [2.24, 2.45) is 11.8 Å². The molecule has 1 N–H and O–H groups in total. The van der Waals surface area contributed by atoms with Crippen LogP contribution in [0.1, 0.15) is 39.5 Å². The summed E-state index contributed by atoms with van der Waals surface area (Å²) in [6.45, 7) is 4.28. The van der Waals surface area contributed by atoms with Gasteiger partial charge in [-0.05, 0) is 5.92 Å². The van der Waals surface area contributed by atoms with E-state index < -0.39 is 5.79 Å². The number of hydrogen-bond acceptors (Lipinski definition) is 6. The lowest BCUT2D eigenvalue weighted by Crippen LogP contribution is -2.58. The lowest BCUT2D eigenvalue weighted by molar-refractivity contribution is -0.345. The van der Waals surface area contributed by atoms with Crippen molar-refractivity contribution in [1.82, 2.24) is 0 Å². The average molecular weight is 312 g/mol. The van der Waals surface area contributed by atoms with Gasteiger partial charge in [0.1, 0.15) is 12.2 Å². The lowest BCUT2D eigenvalue weighted by atomic mass is 9.80. The summed E-state index contributed by atoms with van der Waals surface area (Å²) < 4.78 is 23.8. The average Bonchev–Trinajstić information content (AvgIpc) is 3.01. The van der Waals surface area contributed by atoms with Crippen molar-refractivity contribution in [2.75, 3.05) is 6.61 Å². The molecule has 0 amide bonds. The molecule has 4 heterocycles. The molecule has 0 radical (unpaired) electrons. The van der Waals surface area contributed by atoms with E-state index in [-0.39, 0.29) is 49.0 Å². The first kappa shape index (κ1) is 14.9. The van der Waals surface area contributed by atoms with Gasteiger partial charge in [0.05, 0.1) is 31.3 Å². The minimum absolute atomic E-state index is 0.0282. The predicted octanol–water partition coefficient (Wildman–Crippen LogP) is 0.998. The van der Waals surface area contributed by atoms with Crippen LogP contribution in [-0.4, -0.2) is 54.0 Å². The molecule has 4 aliphatic rings. The van der Waals surface area contributed by atoms with E-state index in [2.05, 4.69) is 13.8 Å². The Hall–Kier alpha value is -0.690. The molecule has 0 aromatic carbocycles. The number of aliphatic hydroxyl groups is 1. The fourth-order valence-corrected chi connectivity index (χ4v) is 4.71. The van der Waals surface area contributed by atoms with Gasteiger partial charge in [-0.15, -0.1) is 0 Å². The highest BCUT2D eigenvalue weighted by Gasteiger charge is 2.57. The molecule has 4 rings (SSSR count). The fraction of sp³-hybridized carbons (Fsp3) is 0.938. The van der Waals surface area contributed by atoms with Gasteiger partial charge in [-0.3, -0.25) is 4.79 Å². The van der Waals surface area contributed by atoms with Gasteiger partial charge in [0.15, 0.2) is 5.79 Å². The molecule has 0 aromatic heterocycles. The summed E-state index contributed by atoms with van der Waals surface area (Å²) >= 11 is 0. The summed E-state index contributed by atoms with van der Waals surface area (Å²) in [6, 6.07) is 0. The SMILES string of the molecule is C[C@H]1C[C@@]2(C[C@H](C)[C@@H]3O[C@H](CO)C[C@@H]3O2)O[C@H]2CC(=O)O[C@H]21. The summed E-state index contributed by atoms with van der Waals surface area (Å²) in [5.74, 6) is -0.282. The zero-order valence-electron chi connectivity index (χ0n) is 13.1. The van der Waals surface area contributed by atoms with Crippen LogP contribution in [0.25, 0.3) is 0 Å². The van der Waals surface area contributed by atoms with Gasteiger partial charge in [-0.1, -0.05) is 13.8 Å². The first-order chi connectivity index (χ1) is 10.5. The number of carbonyl (C=O) groups excluding carboxylic acids is 1. The Kier molecular flexibility index (Phi) is 3.49.